The maximum atomic E-state index is 11.4. The zero-order valence-electron chi connectivity index (χ0n) is 19.2. The summed E-state index contributed by atoms with van der Waals surface area (Å²) < 4.78 is 10.9. The summed E-state index contributed by atoms with van der Waals surface area (Å²) in [4.78, 5) is 22.5. The standard InChI is InChI=1S/C11H24NO3.C9H16O2.CH3/c1-11(2,3)15-10(14)7-9(13)8-12(4,5)6;1-9(2,3)11-8(10)6-7-4-5-7;/h9,13H,7-8H2,1-6H3;7H,4-6H2,1-3H3;1H3/q+1;;-1. The van der Waals surface area contributed by atoms with Gasteiger partial charge in [-0.2, -0.15) is 0 Å². The van der Waals surface area contributed by atoms with Crippen LogP contribution in [0.4, 0.5) is 0 Å². The van der Waals surface area contributed by atoms with Crippen molar-refractivity contribution >= 4 is 11.9 Å². The highest BCUT2D eigenvalue weighted by atomic mass is 16.6. The summed E-state index contributed by atoms with van der Waals surface area (Å²) in [5.41, 5.74) is -0.792. The Labute approximate surface area is 166 Å². The molecule has 1 saturated carbocycles. The number of hydrogen-bond donors (Lipinski definition) is 1. The van der Waals surface area contributed by atoms with Crippen molar-refractivity contribution in [3.8, 4) is 0 Å². The summed E-state index contributed by atoms with van der Waals surface area (Å²) in [7, 11) is 5.91. The molecule has 0 spiro atoms. The van der Waals surface area contributed by atoms with E-state index in [1.54, 1.807) is 0 Å². The van der Waals surface area contributed by atoms with E-state index in [9.17, 15) is 14.7 Å². The van der Waals surface area contributed by atoms with Crippen molar-refractivity contribution in [3.63, 3.8) is 0 Å². The molecule has 6 nitrogen and oxygen atoms in total. The van der Waals surface area contributed by atoms with Crippen LogP contribution in [-0.2, 0) is 19.1 Å². The minimum Gasteiger partial charge on any atom is -0.460 e. The molecule has 0 aromatic heterocycles. The first-order valence-electron chi connectivity index (χ1n) is 9.39. The fourth-order valence-electron chi connectivity index (χ4n) is 2.21. The monoisotopic (exact) mass is 389 g/mol. The average Bonchev–Trinajstić information content (AvgIpc) is 3.04. The summed E-state index contributed by atoms with van der Waals surface area (Å²) in [5.74, 6) is 0.244. The van der Waals surface area contributed by atoms with Crippen LogP contribution >= 0.6 is 0 Å². The second-order valence-electron chi connectivity index (χ2n) is 10.2. The number of ether oxygens (including phenoxy) is 2. The first-order valence-corrected chi connectivity index (χ1v) is 9.39. The van der Waals surface area contributed by atoms with Gasteiger partial charge >= 0.3 is 11.9 Å². The van der Waals surface area contributed by atoms with Gasteiger partial charge in [-0.05, 0) is 60.3 Å². The summed E-state index contributed by atoms with van der Waals surface area (Å²) >= 11 is 0. The fraction of sp³-hybridized carbons (Fsp3) is 0.857. The van der Waals surface area contributed by atoms with Gasteiger partial charge in [-0.1, -0.05) is 0 Å². The zero-order chi connectivity index (χ0) is 20.8. The Balaban J connectivity index is 0. The highest BCUT2D eigenvalue weighted by Gasteiger charge is 2.27. The quantitative estimate of drug-likeness (QED) is 0.428. The minimum atomic E-state index is -0.639. The number of nitrogens with zero attached hydrogens (tertiary/aromatic N) is 1. The maximum Gasteiger partial charge on any atom is 0.309 e. The number of carbonyl (C=O) groups excluding carboxylic acids is 2. The molecule has 1 unspecified atom stereocenters. The van der Waals surface area contributed by atoms with Crippen LogP contribution in [0, 0.1) is 13.3 Å². The smallest absolute Gasteiger partial charge is 0.309 e. The van der Waals surface area contributed by atoms with Gasteiger partial charge in [-0.15, -0.1) is 0 Å². The van der Waals surface area contributed by atoms with Crippen LogP contribution in [-0.4, -0.2) is 66.5 Å². The molecule has 1 aliphatic carbocycles. The lowest BCUT2D eigenvalue weighted by Gasteiger charge is -2.27. The molecule has 1 atom stereocenters. The van der Waals surface area contributed by atoms with Crippen molar-refractivity contribution in [2.75, 3.05) is 27.7 Å². The predicted molar refractivity (Wildman–Crippen MR) is 109 cm³/mol. The van der Waals surface area contributed by atoms with Crippen LogP contribution in [0.1, 0.15) is 67.2 Å². The lowest BCUT2D eigenvalue weighted by Crippen LogP contribution is -2.42. The van der Waals surface area contributed by atoms with E-state index in [4.69, 9.17) is 9.47 Å². The molecule has 0 aromatic rings. The van der Waals surface area contributed by atoms with E-state index in [2.05, 4.69) is 0 Å². The highest BCUT2D eigenvalue weighted by Crippen LogP contribution is 2.33. The van der Waals surface area contributed by atoms with E-state index >= 15 is 0 Å². The van der Waals surface area contributed by atoms with Crippen LogP contribution in [0.3, 0.4) is 0 Å². The minimum absolute atomic E-state index is 0. The number of aliphatic hydroxyl groups is 1. The molecule has 1 fully saturated rings. The van der Waals surface area contributed by atoms with Crippen molar-refractivity contribution in [2.45, 2.75) is 84.5 Å². The van der Waals surface area contributed by atoms with Gasteiger partial charge in [0.2, 0.25) is 0 Å². The summed E-state index contributed by atoms with van der Waals surface area (Å²) in [6, 6.07) is 0. The normalized spacial score (nSPS) is 15.6. The first-order chi connectivity index (χ1) is 11.5. The van der Waals surface area contributed by atoms with E-state index in [1.165, 1.54) is 12.8 Å². The van der Waals surface area contributed by atoms with Crippen molar-refractivity contribution in [1.82, 2.24) is 0 Å². The van der Waals surface area contributed by atoms with Crippen molar-refractivity contribution in [3.05, 3.63) is 7.43 Å². The SMILES string of the molecule is CC(C)(C)OC(=O)CC(O)C[N+](C)(C)C.CC(C)(C)OC(=O)CC1CC1.[CH3-]. The van der Waals surface area contributed by atoms with Crippen LogP contribution in [0.15, 0.2) is 0 Å². The molecule has 27 heavy (non-hydrogen) atoms. The molecule has 0 saturated heterocycles. The zero-order valence-corrected chi connectivity index (χ0v) is 19.2. The molecule has 0 radical (unpaired) electrons. The second-order valence-corrected chi connectivity index (χ2v) is 10.2. The molecular weight excluding hydrogens is 346 g/mol. The molecule has 0 aliphatic heterocycles. The van der Waals surface area contributed by atoms with Crippen molar-refractivity contribution < 1.29 is 28.7 Å². The van der Waals surface area contributed by atoms with Crippen LogP contribution in [0.5, 0.6) is 0 Å². The molecule has 0 amide bonds. The number of likely N-dealkylation sites (N-methyl/N-ethyl adjacent to an activating group) is 1. The van der Waals surface area contributed by atoms with E-state index < -0.39 is 11.7 Å². The van der Waals surface area contributed by atoms with Gasteiger partial charge in [0.1, 0.15) is 23.9 Å². The maximum absolute atomic E-state index is 11.4. The lowest BCUT2D eigenvalue weighted by atomic mass is 10.2. The Kier molecular flexibility index (Phi) is 11.4. The Morgan fingerprint density at radius 1 is 0.963 bits per heavy atom. The number of rotatable bonds is 6. The average molecular weight is 390 g/mol. The third-order valence-electron chi connectivity index (χ3n) is 3.15. The lowest BCUT2D eigenvalue weighted by molar-refractivity contribution is -0.873. The van der Waals surface area contributed by atoms with Crippen LogP contribution in [0.25, 0.3) is 0 Å². The molecule has 162 valence electrons. The molecule has 0 aromatic carbocycles. The third kappa shape index (κ3) is 21.0. The van der Waals surface area contributed by atoms with Crippen LogP contribution < -0.4 is 0 Å². The topological polar surface area (TPSA) is 72.8 Å². The van der Waals surface area contributed by atoms with E-state index in [0.717, 1.165) is 0 Å². The molecule has 1 aliphatic rings. The van der Waals surface area contributed by atoms with E-state index in [1.807, 2.05) is 62.7 Å². The molecule has 1 rings (SSSR count). The number of quaternary nitrogens is 1. The third-order valence-corrected chi connectivity index (χ3v) is 3.15. The fourth-order valence-corrected chi connectivity index (χ4v) is 2.21. The van der Waals surface area contributed by atoms with Gasteiger partial charge in [0.05, 0.1) is 27.6 Å². The van der Waals surface area contributed by atoms with Crippen molar-refractivity contribution in [2.24, 2.45) is 5.92 Å². The van der Waals surface area contributed by atoms with Gasteiger partial charge in [-0.3, -0.25) is 9.59 Å². The van der Waals surface area contributed by atoms with E-state index in [-0.39, 0.29) is 31.4 Å². The Morgan fingerprint density at radius 2 is 1.37 bits per heavy atom. The molecule has 1 N–H and O–H groups in total. The number of carbonyl (C=O) groups is 2. The molecule has 0 heterocycles. The van der Waals surface area contributed by atoms with Gasteiger partial charge in [-0.25, -0.2) is 0 Å². The number of aliphatic hydroxyl groups excluding tert-OH is 1. The Hall–Kier alpha value is -1.14. The Bertz CT molecular complexity index is 451. The largest absolute Gasteiger partial charge is 0.460 e. The predicted octanol–water partition coefficient (Wildman–Crippen LogP) is 3.36. The van der Waals surface area contributed by atoms with Gasteiger partial charge in [0, 0.05) is 6.42 Å². The van der Waals surface area contributed by atoms with E-state index in [0.29, 0.717) is 23.4 Å². The van der Waals surface area contributed by atoms with Gasteiger partial charge in [0.15, 0.2) is 0 Å². The van der Waals surface area contributed by atoms with Crippen LogP contribution in [0.2, 0.25) is 0 Å². The number of hydrogen-bond acceptors (Lipinski definition) is 5. The Morgan fingerprint density at radius 3 is 1.70 bits per heavy atom. The van der Waals surface area contributed by atoms with Gasteiger partial charge in [0.25, 0.3) is 0 Å². The van der Waals surface area contributed by atoms with Gasteiger partial charge < -0.3 is 26.5 Å². The summed E-state index contributed by atoms with van der Waals surface area (Å²) in [5, 5.41) is 9.64. The molecule has 6 heteroatoms. The highest BCUT2D eigenvalue weighted by molar-refractivity contribution is 5.70. The number of esters is 2. The molecule has 0 bridgehead atoms. The van der Waals surface area contributed by atoms with Crippen molar-refractivity contribution in [1.29, 1.82) is 0 Å². The summed E-state index contributed by atoms with van der Waals surface area (Å²) in [6.45, 7) is 11.7. The first kappa shape index (κ1) is 28.1. The summed E-state index contributed by atoms with van der Waals surface area (Å²) in [6.07, 6.45) is 2.46. The molecular formula is C21H43NO5. The second kappa shape index (κ2) is 11.0.